The van der Waals surface area contributed by atoms with E-state index in [4.69, 9.17) is 9.47 Å². The highest BCUT2D eigenvalue weighted by Gasteiger charge is 2.06. The number of hydrogen-bond acceptors (Lipinski definition) is 3. The van der Waals surface area contributed by atoms with Gasteiger partial charge in [0.2, 0.25) is 0 Å². The molecule has 0 radical (unpaired) electrons. The zero-order valence-electron chi connectivity index (χ0n) is 12.3. The van der Waals surface area contributed by atoms with E-state index in [0.717, 1.165) is 23.6 Å². The molecule has 0 aliphatic heterocycles. The molecule has 3 nitrogen and oxygen atoms in total. The van der Waals surface area contributed by atoms with Crippen molar-refractivity contribution in [2.75, 3.05) is 14.2 Å². The summed E-state index contributed by atoms with van der Waals surface area (Å²) in [5.74, 6) is 1.54. The van der Waals surface area contributed by atoms with Gasteiger partial charge in [-0.25, -0.2) is 0 Å². The maximum Gasteiger partial charge on any atom is 0.161 e. The Bertz CT molecular complexity index is 549. The Morgan fingerprint density at radius 2 is 1.65 bits per heavy atom. The molecule has 0 atom stereocenters. The largest absolute Gasteiger partial charge is 0.493 e. The van der Waals surface area contributed by atoms with E-state index in [0.29, 0.717) is 6.61 Å². The van der Waals surface area contributed by atoms with Crippen LogP contribution in [0.5, 0.6) is 11.5 Å². The topological polar surface area (TPSA) is 30.5 Å². The summed E-state index contributed by atoms with van der Waals surface area (Å²) < 4.78 is 11.2. The van der Waals surface area contributed by atoms with Gasteiger partial charge in [0, 0.05) is 6.54 Å². The minimum atomic E-state index is 0.544. The molecule has 0 fully saturated rings. The highest BCUT2D eigenvalue weighted by atomic mass is 16.5. The fourth-order valence-electron chi connectivity index (χ4n) is 1.99. The number of hydrogen-bond donors (Lipinski definition) is 1. The van der Waals surface area contributed by atoms with E-state index in [1.165, 1.54) is 11.1 Å². The van der Waals surface area contributed by atoms with Crippen LogP contribution in [0, 0.1) is 6.92 Å². The summed E-state index contributed by atoms with van der Waals surface area (Å²) in [7, 11) is 3.59. The Labute approximate surface area is 120 Å². The summed E-state index contributed by atoms with van der Waals surface area (Å²) >= 11 is 0. The molecule has 0 aromatic heterocycles. The molecule has 1 N–H and O–H groups in total. The van der Waals surface area contributed by atoms with Gasteiger partial charge in [-0.05, 0) is 37.2 Å². The zero-order chi connectivity index (χ0) is 14.4. The molecular formula is C17H21NO2. The number of aryl methyl sites for hydroxylation is 1. The molecule has 106 valence electrons. The van der Waals surface area contributed by atoms with Crippen LogP contribution in [0.1, 0.15) is 16.7 Å². The van der Waals surface area contributed by atoms with Crippen LogP contribution in [0.25, 0.3) is 0 Å². The molecule has 0 heterocycles. The lowest BCUT2D eigenvalue weighted by Crippen LogP contribution is -2.05. The summed E-state index contributed by atoms with van der Waals surface area (Å²) in [5.41, 5.74) is 3.58. The van der Waals surface area contributed by atoms with E-state index in [1.54, 1.807) is 7.11 Å². The standard InChI is InChI=1S/C17H21NO2/c1-13-4-6-14(7-5-13)12-20-16-9-8-15(11-18-2)10-17(16)19-3/h4-10,18H,11-12H2,1-3H3. The minimum Gasteiger partial charge on any atom is -0.493 e. The normalized spacial score (nSPS) is 10.3. The van der Waals surface area contributed by atoms with Gasteiger partial charge < -0.3 is 14.8 Å². The predicted octanol–water partition coefficient (Wildman–Crippen LogP) is 3.30. The molecule has 0 saturated carbocycles. The molecule has 2 aromatic carbocycles. The third-order valence-corrected chi connectivity index (χ3v) is 3.12. The van der Waals surface area contributed by atoms with Crippen molar-refractivity contribution in [3.63, 3.8) is 0 Å². The van der Waals surface area contributed by atoms with Crippen LogP contribution in [0.3, 0.4) is 0 Å². The van der Waals surface area contributed by atoms with Crippen LogP contribution < -0.4 is 14.8 Å². The summed E-state index contributed by atoms with van der Waals surface area (Å²) in [6.07, 6.45) is 0. The quantitative estimate of drug-likeness (QED) is 0.874. The van der Waals surface area contributed by atoms with Gasteiger partial charge in [-0.15, -0.1) is 0 Å². The average Bonchev–Trinajstić information content (AvgIpc) is 2.47. The first-order valence-electron chi connectivity index (χ1n) is 6.73. The fraction of sp³-hybridized carbons (Fsp3) is 0.294. The number of ether oxygens (including phenoxy) is 2. The van der Waals surface area contributed by atoms with Gasteiger partial charge >= 0.3 is 0 Å². The van der Waals surface area contributed by atoms with Gasteiger partial charge in [-0.3, -0.25) is 0 Å². The SMILES string of the molecule is CNCc1ccc(OCc2ccc(C)cc2)c(OC)c1. The van der Waals surface area contributed by atoms with Gasteiger partial charge in [0.15, 0.2) is 11.5 Å². The first-order valence-corrected chi connectivity index (χ1v) is 6.73. The van der Waals surface area contributed by atoms with Crippen molar-refractivity contribution in [1.29, 1.82) is 0 Å². The Kier molecular flexibility index (Phi) is 5.02. The summed E-state index contributed by atoms with van der Waals surface area (Å²) in [6, 6.07) is 14.3. The Morgan fingerprint density at radius 1 is 0.950 bits per heavy atom. The first kappa shape index (κ1) is 14.4. The molecule has 0 spiro atoms. The molecular weight excluding hydrogens is 250 g/mol. The van der Waals surface area contributed by atoms with Crippen LogP contribution in [0.2, 0.25) is 0 Å². The van der Waals surface area contributed by atoms with Crippen molar-refractivity contribution < 1.29 is 9.47 Å². The maximum absolute atomic E-state index is 5.84. The minimum absolute atomic E-state index is 0.544. The second-order valence-corrected chi connectivity index (χ2v) is 4.79. The van der Waals surface area contributed by atoms with Gasteiger partial charge in [0.25, 0.3) is 0 Å². The predicted molar refractivity (Wildman–Crippen MR) is 81.3 cm³/mol. The second kappa shape index (κ2) is 6.96. The third kappa shape index (κ3) is 3.75. The maximum atomic E-state index is 5.84. The fourth-order valence-corrected chi connectivity index (χ4v) is 1.99. The van der Waals surface area contributed by atoms with Crippen molar-refractivity contribution in [3.05, 3.63) is 59.2 Å². The Hall–Kier alpha value is -2.00. The summed E-state index contributed by atoms with van der Waals surface area (Å²) in [6.45, 7) is 3.44. The van der Waals surface area contributed by atoms with Crippen molar-refractivity contribution in [3.8, 4) is 11.5 Å². The van der Waals surface area contributed by atoms with E-state index in [2.05, 4.69) is 36.5 Å². The molecule has 0 aliphatic rings. The molecule has 0 amide bonds. The molecule has 2 rings (SSSR count). The van der Waals surface area contributed by atoms with Crippen LogP contribution in [-0.2, 0) is 13.2 Å². The van der Waals surface area contributed by atoms with Crippen LogP contribution >= 0.6 is 0 Å². The molecule has 2 aromatic rings. The lowest BCUT2D eigenvalue weighted by Gasteiger charge is -2.12. The molecule has 0 bridgehead atoms. The van der Waals surface area contributed by atoms with E-state index >= 15 is 0 Å². The lowest BCUT2D eigenvalue weighted by molar-refractivity contribution is 0.284. The van der Waals surface area contributed by atoms with E-state index in [-0.39, 0.29) is 0 Å². The van der Waals surface area contributed by atoms with E-state index in [1.807, 2.05) is 25.2 Å². The van der Waals surface area contributed by atoms with Crippen molar-refractivity contribution in [2.24, 2.45) is 0 Å². The van der Waals surface area contributed by atoms with Crippen LogP contribution in [-0.4, -0.2) is 14.2 Å². The highest BCUT2D eigenvalue weighted by Crippen LogP contribution is 2.28. The van der Waals surface area contributed by atoms with E-state index in [9.17, 15) is 0 Å². The van der Waals surface area contributed by atoms with Gasteiger partial charge in [-0.1, -0.05) is 35.9 Å². The number of methoxy groups -OCH3 is 1. The monoisotopic (exact) mass is 271 g/mol. The van der Waals surface area contributed by atoms with Crippen molar-refractivity contribution >= 4 is 0 Å². The van der Waals surface area contributed by atoms with E-state index < -0.39 is 0 Å². The number of benzene rings is 2. The molecule has 0 unspecified atom stereocenters. The number of nitrogens with one attached hydrogen (secondary N) is 1. The lowest BCUT2D eigenvalue weighted by atomic mass is 10.1. The summed E-state index contributed by atoms with van der Waals surface area (Å²) in [5, 5.41) is 3.12. The molecule has 0 aliphatic carbocycles. The Balaban J connectivity index is 2.06. The molecule has 3 heteroatoms. The van der Waals surface area contributed by atoms with Crippen molar-refractivity contribution in [1.82, 2.24) is 5.32 Å². The second-order valence-electron chi connectivity index (χ2n) is 4.79. The smallest absolute Gasteiger partial charge is 0.161 e. The van der Waals surface area contributed by atoms with Crippen LogP contribution in [0.4, 0.5) is 0 Å². The van der Waals surface area contributed by atoms with Crippen LogP contribution in [0.15, 0.2) is 42.5 Å². The zero-order valence-corrected chi connectivity index (χ0v) is 12.3. The highest BCUT2D eigenvalue weighted by molar-refractivity contribution is 5.43. The van der Waals surface area contributed by atoms with Gasteiger partial charge in [-0.2, -0.15) is 0 Å². The summed E-state index contributed by atoms with van der Waals surface area (Å²) in [4.78, 5) is 0. The Morgan fingerprint density at radius 3 is 2.30 bits per heavy atom. The van der Waals surface area contributed by atoms with Gasteiger partial charge in [0.1, 0.15) is 6.61 Å². The molecule has 0 saturated heterocycles. The molecule has 20 heavy (non-hydrogen) atoms. The van der Waals surface area contributed by atoms with Gasteiger partial charge in [0.05, 0.1) is 7.11 Å². The average molecular weight is 271 g/mol. The number of rotatable bonds is 6. The third-order valence-electron chi connectivity index (χ3n) is 3.12. The van der Waals surface area contributed by atoms with Crippen molar-refractivity contribution in [2.45, 2.75) is 20.1 Å². The first-order chi connectivity index (χ1) is 9.72.